The van der Waals surface area contributed by atoms with E-state index in [1.807, 2.05) is 0 Å². The summed E-state index contributed by atoms with van der Waals surface area (Å²) in [6, 6.07) is 8.04. The van der Waals surface area contributed by atoms with Crippen LogP contribution in [0, 0.1) is 13.8 Å². The summed E-state index contributed by atoms with van der Waals surface area (Å²) in [6.07, 6.45) is -0.973. The summed E-state index contributed by atoms with van der Waals surface area (Å²) in [6.45, 7) is 6.34. The number of hydrogen-bond donors (Lipinski definition) is 1. The van der Waals surface area contributed by atoms with E-state index in [1.165, 1.54) is 13.8 Å². The SMILES string of the molecule is CC(=O)c1ccc(NC(=O)C(C)OC(=O)c2cc(C)oc2C)cc1. The normalized spacial score (nSPS) is 11.7. The van der Waals surface area contributed by atoms with E-state index in [9.17, 15) is 14.4 Å². The lowest BCUT2D eigenvalue weighted by Crippen LogP contribution is -2.30. The van der Waals surface area contributed by atoms with Gasteiger partial charge in [-0.05, 0) is 58.0 Å². The Morgan fingerprint density at radius 1 is 1.12 bits per heavy atom. The van der Waals surface area contributed by atoms with E-state index in [2.05, 4.69) is 5.32 Å². The van der Waals surface area contributed by atoms with Crippen LogP contribution in [0.2, 0.25) is 0 Å². The van der Waals surface area contributed by atoms with Crippen molar-refractivity contribution in [1.82, 2.24) is 0 Å². The minimum absolute atomic E-state index is 0.0547. The zero-order chi connectivity index (χ0) is 17.9. The predicted molar refractivity (Wildman–Crippen MR) is 88.1 cm³/mol. The average molecular weight is 329 g/mol. The average Bonchev–Trinajstić information content (AvgIpc) is 2.86. The van der Waals surface area contributed by atoms with Crippen LogP contribution in [0.25, 0.3) is 0 Å². The molecule has 0 aliphatic rings. The van der Waals surface area contributed by atoms with Crippen molar-refractivity contribution in [3.8, 4) is 0 Å². The van der Waals surface area contributed by atoms with Gasteiger partial charge in [0.2, 0.25) is 0 Å². The van der Waals surface area contributed by atoms with Crippen LogP contribution in [0.4, 0.5) is 5.69 Å². The van der Waals surface area contributed by atoms with Gasteiger partial charge in [0.15, 0.2) is 11.9 Å². The molecule has 2 rings (SSSR count). The van der Waals surface area contributed by atoms with E-state index >= 15 is 0 Å². The van der Waals surface area contributed by atoms with Crippen LogP contribution in [-0.2, 0) is 9.53 Å². The van der Waals surface area contributed by atoms with Gasteiger partial charge in [0, 0.05) is 11.3 Å². The maximum absolute atomic E-state index is 12.1. The summed E-state index contributed by atoms with van der Waals surface area (Å²) >= 11 is 0. The molecule has 0 radical (unpaired) electrons. The van der Waals surface area contributed by atoms with Crippen molar-refractivity contribution in [3.63, 3.8) is 0 Å². The molecule has 6 nitrogen and oxygen atoms in total. The first kappa shape index (κ1) is 17.5. The molecule has 0 fully saturated rings. The fourth-order valence-electron chi connectivity index (χ4n) is 2.14. The molecule has 6 heteroatoms. The molecule has 1 N–H and O–H groups in total. The molecule has 24 heavy (non-hydrogen) atoms. The van der Waals surface area contributed by atoms with Crippen LogP contribution in [-0.4, -0.2) is 23.8 Å². The fourth-order valence-corrected chi connectivity index (χ4v) is 2.14. The first-order valence-electron chi connectivity index (χ1n) is 7.48. The molecule has 126 valence electrons. The van der Waals surface area contributed by atoms with Crippen LogP contribution in [0.15, 0.2) is 34.7 Å². The summed E-state index contributed by atoms with van der Waals surface area (Å²) in [5.41, 5.74) is 1.37. The predicted octanol–water partition coefficient (Wildman–Crippen LogP) is 3.28. The summed E-state index contributed by atoms with van der Waals surface area (Å²) in [5.74, 6) is -0.0799. The minimum Gasteiger partial charge on any atom is -0.466 e. The number of amides is 1. The summed E-state index contributed by atoms with van der Waals surface area (Å²) < 4.78 is 10.4. The van der Waals surface area contributed by atoms with Crippen LogP contribution < -0.4 is 5.32 Å². The Morgan fingerprint density at radius 3 is 2.25 bits per heavy atom. The highest BCUT2D eigenvalue weighted by Crippen LogP contribution is 2.16. The van der Waals surface area contributed by atoms with Crippen molar-refractivity contribution in [2.24, 2.45) is 0 Å². The highest BCUT2D eigenvalue weighted by molar-refractivity contribution is 5.98. The van der Waals surface area contributed by atoms with Crippen molar-refractivity contribution < 1.29 is 23.5 Å². The number of furan rings is 1. The van der Waals surface area contributed by atoms with Gasteiger partial charge in [-0.25, -0.2) is 4.79 Å². The Morgan fingerprint density at radius 2 is 1.75 bits per heavy atom. The van der Waals surface area contributed by atoms with Gasteiger partial charge in [-0.3, -0.25) is 9.59 Å². The number of hydrogen-bond acceptors (Lipinski definition) is 5. The largest absolute Gasteiger partial charge is 0.466 e. The van der Waals surface area contributed by atoms with Gasteiger partial charge in [-0.1, -0.05) is 0 Å². The molecule has 0 aliphatic carbocycles. The van der Waals surface area contributed by atoms with Crippen LogP contribution in [0.5, 0.6) is 0 Å². The van der Waals surface area contributed by atoms with Crippen LogP contribution in [0.1, 0.15) is 46.1 Å². The summed E-state index contributed by atoms with van der Waals surface area (Å²) in [5, 5.41) is 2.63. The smallest absolute Gasteiger partial charge is 0.342 e. The van der Waals surface area contributed by atoms with Gasteiger partial charge in [0.25, 0.3) is 5.91 Å². The molecular formula is C18H19NO5. The number of carbonyl (C=O) groups is 3. The second kappa shape index (κ2) is 7.12. The first-order valence-corrected chi connectivity index (χ1v) is 7.48. The van der Waals surface area contributed by atoms with Gasteiger partial charge in [0.1, 0.15) is 17.1 Å². The molecule has 0 saturated heterocycles. The number of aryl methyl sites for hydroxylation is 2. The van der Waals surface area contributed by atoms with Crippen LogP contribution in [0.3, 0.4) is 0 Å². The molecule has 1 amide bonds. The highest BCUT2D eigenvalue weighted by Gasteiger charge is 2.22. The van der Waals surface area contributed by atoms with E-state index in [0.717, 1.165) is 0 Å². The van der Waals surface area contributed by atoms with Gasteiger partial charge in [-0.2, -0.15) is 0 Å². The Labute approximate surface area is 139 Å². The third-order valence-electron chi connectivity index (χ3n) is 3.47. The Bertz CT molecular complexity index is 773. The molecule has 0 spiro atoms. The van der Waals surface area contributed by atoms with Crippen LogP contribution >= 0.6 is 0 Å². The molecule has 1 aromatic carbocycles. The molecular weight excluding hydrogens is 310 g/mol. The lowest BCUT2D eigenvalue weighted by molar-refractivity contribution is -0.123. The van der Waals surface area contributed by atoms with E-state index in [1.54, 1.807) is 44.2 Å². The zero-order valence-corrected chi connectivity index (χ0v) is 14.0. The number of benzene rings is 1. The van der Waals surface area contributed by atoms with Gasteiger partial charge in [0.05, 0.1) is 0 Å². The van der Waals surface area contributed by atoms with Gasteiger partial charge < -0.3 is 14.5 Å². The van der Waals surface area contributed by atoms with E-state index in [4.69, 9.17) is 9.15 Å². The second-order valence-corrected chi connectivity index (χ2v) is 5.50. The van der Waals surface area contributed by atoms with E-state index in [0.29, 0.717) is 28.3 Å². The molecule has 2 aromatic rings. The third kappa shape index (κ3) is 4.10. The molecule has 1 atom stereocenters. The molecule has 1 unspecified atom stereocenters. The van der Waals surface area contributed by atoms with Crippen molar-refractivity contribution >= 4 is 23.3 Å². The number of rotatable bonds is 5. The standard InChI is InChI=1S/C18H19NO5/c1-10-9-16(12(3)23-10)18(22)24-13(4)17(21)19-15-7-5-14(6-8-15)11(2)20/h5-9,13H,1-4H3,(H,19,21). The lowest BCUT2D eigenvalue weighted by atomic mass is 10.1. The number of ether oxygens (including phenoxy) is 1. The molecule has 0 bridgehead atoms. The molecule has 0 aliphatic heterocycles. The van der Waals surface area contributed by atoms with Crippen molar-refractivity contribution in [2.75, 3.05) is 5.32 Å². The van der Waals surface area contributed by atoms with E-state index in [-0.39, 0.29) is 5.78 Å². The summed E-state index contributed by atoms with van der Waals surface area (Å²) in [7, 11) is 0. The molecule has 1 aromatic heterocycles. The number of carbonyl (C=O) groups excluding carboxylic acids is 3. The van der Waals surface area contributed by atoms with Gasteiger partial charge in [-0.15, -0.1) is 0 Å². The fraction of sp³-hybridized carbons (Fsp3) is 0.278. The Kier molecular flexibility index (Phi) is 5.18. The maximum atomic E-state index is 12.1. The number of anilines is 1. The van der Waals surface area contributed by atoms with Crippen molar-refractivity contribution in [2.45, 2.75) is 33.8 Å². The monoisotopic (exact) mass is 329 g/mol. The van der Waals surface area contributed by atoms with Gasteiger partial charge >= 0.3 is 5.97 Å². The van der Waals surface area contributed by atoms with Crippen molar-refractivity contribution in [1.29, 1.82) is 0 Å². The number of ketones is 1. The second-order valence-electron chi connectivity index (χ2n) is 5.50. The topological polar surface area (TPSA) is 85.6 Å². The minimum atomic E-state index is -0.973. The first-order chi connectivity index (χ1) is 11.3. The molecule has 0 saturated carbocycles. The number of nitrogens with one attached hydrogen (secondary N) is 1. The third-order valence-corrected chi connectivity index (χ3v) is 3.47. The Balaban J connectivity index is 1.98. The highest BCUT2D eigenvalue weighted by atomic mass is 16.5. The zero-order valence-electron chi connectivity index (χ0n) is 14.0. The maximum Gasteiger partial charge on any atom is 0.342 e. The number of Topliss-reactive ketones (excluding diaryl/α,β-unsaturated/α-hetero) is 1. The van der Waals surface area contributed by atoms with E-state index < -0.39 is 18.0 Å². The molecule has 1 heterocycles. The summed E-state index contributed by atoms with van der Waals surface area (Å²) in [4.78, 5) is 35.4. The number of esters is 1. The lowest BCUT2D eigenvalue weighted by Gasteiger charge is -2.13. The Hall–Kier alpha value is -2.89. The quantitative estimate of drug-likeness (QED) is 0.672. The van der Waals surface area contributed by atoms with Crippen molar-refractivity contribution in [3.05, 3.63) is 53.0 Å².